The molecule has 41 heavy (non-hydrogen) atoms. The molecule has 3 fully saturated rings. The Morgan fingerprint density at radius 3 is 2.07 bits per heavy atom. The van der Waals surface area contributed by atoms with E-state index in [1.807, 2.05) is 30.3 Å². The molecule has 2 aromatic rings. The number of rotatable bonds is 9. The van der Waals surface area contributed by atoms with E-state index < -0.39 is 55.0 Å². The van der Waals surface area contributed by atoms with Gasteiger partial charge in [0.25, 0.3) is 0 Å². The van der Waals surface area contributed by atoms with Gasteiger partial charge in [0.05, 0.1) is 12.7 Å². The summed E-state index contributed by atoms with van der Waals surface area (Å²) in [6.07, 6.45) is -1.10. The highest BCUT2D eigenvalue weighted by Crippen LogP contribution is 2.52. The number of aliphatic hydroxyl groups is 1. The molecule has 3 aliphatic rings. The van der Waals surface area contributed by atoms with E-state index in [1.165, 1.54) is 27.2 Å². The molecular formula is C31H35ClO9. The molecule has 2 aromatic carbocycles. The minimum atomic E-state index is -1.21. The molecule has 0 radical (unpaired) electrons. The maximum atomic E-state index is 12.1. The second-order valence-corrected chi connectivity index (χ2v) is 11.5. The molecule has 1 unspecified atom stereocenters. The van der Waals surface area contributed by atoms with Crippen molar-refractivity contribution in [2.45, 2.75) is 83.1 Å². The van der Waals surface area contributed by atoms with Crippen molar-refractivity contribution in [3.05, 3.63) is 64.2 Å². The Morgan fingerprint density at radius 2 is 1.46 bits per heavy atom. The Morgan fingerprint density at radius 1 is 0.854 bits per heavy atom. The maximum Gasteiger partial charge on any atom is 0.303 e. The Kier molecular flexibility index (Phi) is 8.87. The lowest BCUT2D eigenvalue weighted by molar-refractivity contribution is -0.253. The number of hydrogen-bond donors (Lipinski definition) is 1. The van der Waals surface area contributed by atoms with Crippen molar-refractivity contribution in [2.24, 2.45) is 11.8 Å². The number of ether oxygens (including phenoxy) is 5. The van der Waals surface area contributed by atoms with Crippen LogP contribution in [0.4, 0.5) is 0 Å². The van der Waals surface area contributed by atoms with Crippen molar-refractivity contribution in [3.63, 3.8) is 0 Å². The molecule has 1 heterocycles. The summed E-state index contributed by atoms with van der Waals surface area (Å²) < 4.78 is 28.7. The first kappa shape index (κ1) is 29.4. The van der Waals surface area contributed by atoms with Crippen LogP contribution in [-0.4, -0.2) is 60.1 Å². The fraction of sp³-hybridized carbons (Fsp3) is 0.516. The van der Waals surface area contributed by atoms with Crippen molar-refractivity contribution >= 4 is 29.5 Å². The normalized spacial score (nSPS) is 30.2. The maximum absolute atomic E-state index is 12.1. The van der Waals surface area contributed by atoms with Crippen LogP contribution in [0.15, 0.2) is 42.5 Å². The monoisotopic (exact) mass is 586 g/mol. The number of fused-ring (bicyclic) bond motifs is 1. The summed E-state index contributed by atoms with van der Waals surface area (Å²) in [7, 11) is 0. The average Bonchev–Trinajstić information content (AvgIpc) is 3.53. The smallest absolute Gasteiger partial charge is 0.303 e. The summed E-state index contributed by atoms with van der Waals surface area (Å²) in [5, 5.41) is 10.6. The first-order valence-corrected chi connectivity index (χ1v) is 14.3. The van der Waals surface area contributed by atoms with Crippen molar-refractivity contribution in [1.82, 2.24) is 0 Å². The van der Waals surface area contributed by atoms with E-state index in [2.05, 4.69) is 0 Å². The molecule has 9 nitrogen and oxygen atoms in total. The van der Waals surface area contributed by atoms with Crippen molar-refractivity contribution in [1.29, 1.82) is 0 Å². The zero-order valence-corrected chi connectivity index (χ0v) is 24.0. The molecule has 0 spiro atoms. The zero-order valence-electron chi connectivity index (χ0n) is 23.3. The lowest BCUT2D eigenvalue weighted by Crippen LogP contribution is -2.59. The molecular weight excluding hydrogens is 552 g/mol. The van der Waals surface area contributed by atoms with Crippen LogP contribution in [0, 0.1) is 11.8 Å². The second-order valence-electron chi connectivity index (χ2n) is 11.1. The standard InChI is InChI=1S/C31H35ClO9/c1-16(34)37-29-27(15-33)41-28(30(38-17(2)35)31(29)39-18(3)36)20-6-9-26(32)23(11-20)10-19-4-7-24(8-5-19)40-25-13-21-12-22(21)14-25/h4-9,11,21-22,25,27-31,33H,10,12-15H2,1-3H3/t21-,22?,25-,27+,28-,29+,30-,31-/m0/s1. The Balaban J connectivity index is 1.38. The van der Waals surface area contributed by atoms with Crippen molar-refractivity contribution in [2.75, 3.05) is 6.61 Å². The number of hydrogen-bond acceptors (Lipinski definition) is 9. The first-order chi connectivity index (χ1) is 19.6. The fourth-order valence-corrected chi connectivity index (χ4v) is 6.26. The van der Waals surface area contributed by atoms with Crippen LogP contribution in [0.5, 0.6) is 5.75 Å². The largest absolute Gasteiger partial charge is 0.490 e. The van der Waals surface area contributed by atoms with E-state index in [-0.39, 0.29) is 0 Å². The summed E-state index contributed by atoms with van der Waals surface area (Å²) in [6.45, 7) is 3.07. The van der Waals surface area contributed by atoms with Crippen LogP contribution < -0.4 is 4.74 Å². The first-order valence-electron chi connectivity index (χ1n) is 13.9. The van der Waals surface area contributed by atoms with Gasteiger partial charge >= 0.3 is 17.9 Å². The van der Waals surface area contributed by atoms with Crippen LogP contribution in [-0.2, 0) is 39.8 Å². The van der Waals surface area contributed by atoms with E-state index >= 15 is 0 Å². The van der Waals surface area contributed by atoms with E-state index in [1.54, 1.807) is 12.1 Å². The molecule has 1 aliphatic heterocycles. The topological polar surface area (TPSA) is 118 Å². The number of benzene rings is 2. The predicted molar refractivity (Wildman–Crippen MR) is 147 cm³/mol. The van der Waals surface area contributed by atoms with Gasteiger partial charge in [-0.15, -0.1) is 0 Å². The van der Waals surface area contributed by atoms with Crippen LogP contribution in [0.1, 0.15) is 62.8 Å². The van der Waals surface area contributed by atoms with E-state index in [9.17, 15) is 19.5 Å². The molecule has 2 aliphatic carbocycles. The van der Waals surface area contributed by atoms with Gasteiger partial charge in [-0.3, -0.25) is 14.4 Å². The molecule has 0 aromatic heterocycles. The van der Waals surface area contributed by atoms with Gasteiger partial charge in [-0.05, 0) is 72.4 Å². The Labute approximate surface area is 244 Å². The molecule has 8 atom stereocenters. The summed E-state index contributed by atoms with van der Waals surface area (Å²) in [6, 6.07) is 13.2. The van der Waals surface area contributed by atoms with Gasteiger partial charge in [0.2, 0.25) is 0 Å². The number of aliphatic hydroxyl groups excluding tert-OH is 1. The van der Waals surface area contributed by atoms with E-state index in [4.69, 9.17) is 35.3 Å². The van der Waals surface area contributed by atoms with Crippen LogP contribution in [0.3, 0.4) is 0 Å². The summed E-state index contributed by atoms with van der Waals surface area (Å²) >= 11 is 6.58. The highest BCUT2D eigenvalue weighted by Gasteiger charge is 2.52. The van der Waals surface area contributed by atoms with Crippen molar-refractivity contribution in [3.8, 4) is 5.75 Å². The quantitative estimate of drug-likeness (QED) is 0.338. The molecule has 0 amide bonds. The number of halogens is 1. The Hall–Kier alpha value is -3.14. The number of carbonyl (C=O) groups excluding carboxylic acids is 3. The zero-order chi connectivity index (χ0) is 29.3. The van der Waals surface area contributed by atoms with Crippen molar-refractivity contribution < 1.29 is 43.2 Å². The van der Waals surface area contributed by atoms with Gasteiger partial charge in [0.1, 0.15) is 18.0 Å². The van der Waals surface area contributed by atoms with Gasteiger partial charge in [-0.1, -0.05) is 35.9 Å². The van der Waals surface area contributed by atoms with Gasteiger partial charge in [-0.2, -0.15) is 0 Å². The molecule has 2 saturated carbocycles. The predicted octanol–water partition coefficient (Wildman–Crippen LogP) is 4.34. The highest BCUT2D eigenvalue weighted by molar-refractivity contribution is 6.31. The SMILES string of the molecule is CC(=O)O[C@@H]1[C@@H](OC(C)=O)[C@H](c2ccc(Cl)c(Cc3ccc(O[C@@H]4CC5C[C@H]5C4)cc3)c2)O[C@H](CO)[C@H]1OC(C)=O. The molecule has 1 saturated heterocycles. The minimum Gasteiger partial charge on any atom is -0.490 e. The highest BCUT2D eigenvalue weighted by atomic mass is 35.5. The molecule has 220 valence electrons. The third-order valence-electron chi connectivity index (χ3n) is 7.94. The second kappa shape index (κ2) is 12.4. The fourth-order valence-electron chi connectivity index (χ4n) is 6.07. The lowest BCUT2D eigenvalue weighted by Gasteiger charge is -2.44. The van der Waals surface area contributed by atoms with Crippen LogP contribution in [0.25, 0.3) is 0 Å². The number of esters is 3. The van der Waals surface area contributed by atoms with Gasteiger partial charge in [0, 0.05) is 25.8 Å². The van der Waals surface area contributed by atoms with Gasteiger partial charge in [0.15, 0.2) is 18.3 Å². The van der Waals surface area contributed by atoms with Crippen LogP contribution >= 0.6 is 11.6 Å². The summed E-state index contributed by atoms with van der Waals surface area (Å²) in [4.78, 5) is 36.0. The van der Waals surface area contributed by atoms with Crippen LogP contribution in [0.2, 0.25) is 5.02 Å². The van der Waals surface area contributed by atoms with E-state index in [0.717, 1.165) is 41.6 Å². The summed E-state index contributed by atoms with van der Waals surface area (Å²) in [5.41, 5.74) is 2.41. The molecule has 0 bridgehead atoms. The molecule has 5 rings (SSSR count). The lowest BCUT2D eigenvalue weighted by atomic mass is 9.89. The molecule has 1 N–H and O–H groups in total. The third-order valence-corrected chi connectivity index (χ3v) is 8.31. The summed E-state index contributed by atoms with van der Waals surface area (Å²) in [5.74, 6) is 0.581. The minimum absolute atomic E-state index is 0.301. The number of carbonyl (C=O) groups is 3. The van der Waals surface area contributed by atoms with E-state index in [0.29, 0.717) is 23.1 Å². The van der Waals surface area contributed by atoms with Gasteiger partial charge < -0.3 is 28.8 Å². The molecule has 10 heteroatoms. The van der Waals surface area contributed by atoms with Gasteiger partial charge in [-0.25, -0.2) is 0 Å². The third kappa shape index (κ3) is 7.02. The average molecular weight is 587 g/mol. The Bertz CT molecular complexity index is 1270.